The minimum atomic E-state index is -0.501. The van der Waals surface area contributed by atoms with Crippen LogP contribution in [-0.2, 0) is 11.8 Å². The minimum Gasteiger partial charge on any atom is -0.348 e. The van der Waals surface area contributed by atoms with E-state index < -0.39 is 6.04 Å². The molecular weight excluding hydrogens is 364 g/mol. The number of amides is 1. The lowest BCUT2D eigenvalue weighted by atomic mass is 10.1. The van der Waals surface area contributed by atoms with E-state index in [1.165, 1.54) is 4.68 Å². The molecule has 1 amide bonds. The molecule has 0 aliphatic heterocycles. The fourth-order valence-electron chi connectivity index (χ4n) is 3.93. The lowest BCUT2D eigenvalue weighted by Crippen LogP contribution is -2.35. The van der Waals surface area contributed by atoms with E-state index >= 15 is 0 Å². The molecule has 0 aliphatic carbocycles. The van der Waals surface area contributed by atoms with Crippen molar-refractivity contribution in [3.05, 3.63) is 76.7 Å². The molecule has 4 aromatic rings. The van der Waals surface area contributed by atoms with Gasteiger partial charge in [-0.3, -0.25) is 9.59 Å². The Bertz CT molecular complexity index is 1240. The molecule has 0 unspecified atom stereocenters. The largest absolute Gasteiger partial charge is 0.348 e. The van der Waals surface area contributed by atoms with Gasteiger partial charge in [0.15, 0.2) is 0 Å². The van der Waals surface area contributed by atoms with Crippen molar-refractivity contribution in [2.45, 2.75) is 32.4 Å². The topological polar surface area (TPSA) is 68.9 Å². The van der Waals surface area contributed by atoms with Crippen LogP contribution in [0.2, 0.25) is 0 Å². The summed E-state index contributed by atoms with van der Waals surface area (Å²) in [6.45, 7) is 3.93. The normalized spacial score (nSPS) is 13.5. The molecule has 0 aliphatic rings. The average Bonchev–Trinajstić information content (AvgIpc) is 3.07. The highest BCUT2D eigenvalue weighted by atomic mass is 16.2. The van der Waals surface area contributed by atoms with Crippen molar-refractivity contribution < 1.29 is 4.79 Å². The summed E-state index contributed by atoms with van der Waals surface area (Å²) in [5.41, 5.74) is 2.21. The van der Waals surface area contributed by atoms with E-state index in [2.05, 4.69) is 10.4 Å². The fraction of sp³-hybridized carbons (Fsp3) is 0.261. The zero-order valence-electron chi connectivity index (χ0n) is 16.8. The van der Waals surface area contributed by atoms with Gasteiger partial charge in [-0.25, -0.2) is 4.68 Å². The first kappa shape index (κ1) is 18.9. The molecule has 148 valence electrons. The van der Waals surface area contributed by atoms with E-state index in [0.29, 0.717) is 11.9 Å². The van der Waals surface area contributed by atoms with Crippen LogP contribution in [-0.4, -0.2) is 20.3 Å². The Labute approximate surface area is 168 Å². The van der Waals surface area contributed by atoms with Gasteiger partial charge in [0.05, 0.1) is 17.8 Å². The van der Waals surface area contributed by atoms with Crippen LogP contribution < -0.4 is 10.9 Å². The van der Waals surface area contributed by atoms with Crippen LogP contribution in [0.3, 0.4) is 0 Å². The number of aromatic nitrogens is 3. The van der Waals surface area contributed by atoms with E-state index in [-0.39, 0.29) is 17.5 Å². The lowest BCUT2D eigenvalue weighted by molar-refractivity contribution is -0.124. The van der Waals surface area contributed by atoms with Gasteiger partial charge in [0.2, 0.25) is 5.91 Å². The van der Waals surface area contributed by atoms with Gasteiger partial charge in [-0.2, -0.15) is 5.10 Å². The van der Waals surface area contributed by atoms with Crippen LogP contribution in [0, 0.1) is 0 Å². The number of hydrogen-bond acceptors (Lipinski definition) is 3. The third-order valence-corrected chi connectivity index (χ3v) is 5.47. The maximum Gasteiger partial charge on any atom is 0.291 e. The highest BCUT2D eigenvalue weighted by Gasteiger charge is 2.26. The minimum absolute atomic E-state index is 0.106. The summed E-state index contributed by atoms with van der Waals surface area (Å²) in [7, 11) is 1.63. The Balaban J connectivity index is 1.83. The zero-order valence-corrected chi connectivity index (χ0v) is 16.8. The van der Waals surface area contributed by atoms with Crippen molar-refractivity contribution in [3.8, 4) is 0 Å². The number of benzene rings is 2. The summed E-state index contributed by atoms with van der Waals surface area (Å²) in [6, 6.07) is 17.0. The summed E-state index contributed by atoms with van der Waals surface area (Å²) in [6.07, 6.45) is 2.26. The highest BCUT2D eigenvalue weighted by molar-refractivity contribution is 6.08. The molecule has 2 aromatic heterocycles. The van der Waals surface area contributed by atoms with Crippen LogP contribution >= 0.6 is 0 Å². The van der Waals surface area contributed by atoms with Gasteiger partial charge < -0.3 is 9.88 Å². The molecule has 0 saturated carbocycles. The second-order valence-corrected chi connectivity index (χ2v) is 7.29. The van der Waals surface area contributed by atoms with Gasteiger partial charge in [0.25, 0.3) is 5.56 Å². The number of aryl methyl sites for hydroxylation is 1. The predicted octanol–water partition coefficient (Wildman–Crippen LogP) is 3.72. The van der Waals surface area contributed by atoms with Crippen LogP contribution in [0.15, 0.2) is 65.6 Å². The predicted molar refractivity (Wildman–Crippen MR) is 115 cm³/mol. The van der Waals surface area contributed by atoms with Gasteiger partial charge >= 0.3 is 0 Å². The Morgan fingerprint density at radius 1 is 1.07 bits per heavy atom. The fourth-order valence-corrected chi connectivity index (χ4v) is 3.93. The van der Waals surface area contributed by atoms with E-state index in [1.54, 1.807) is 13.2 Å². The first-order chi connectivity index (χ1) is 14.0. The van der Waals surface area contributed by atoms with Gasteiger partial charge in [-0.05, 0) is 25.0 Å². The third kappa shape index (κ3) is 3.20. The standard InChI is InChI=1S/C23H24N4O2/c1-4-19(22(28)25-15(2)16-10-6-5-7-11-16)27-20-13-9-8-12-17(20)18-14-24-26(3)23(29)21(18)27/h5-15,19H,4H2,1-3H3,(H,25,28)/t15-,19-/m0/s1. The molecule has 6 nitrogen and oxygen atoms in total. The summed E-state index contributed by atoms with van der Waals surface area (Å²) in [4.78, 5) is 26.2. The first-order valence-corrected chi connectivity index (χ1v) is 9.83. The third-order valence-electron chi connectivity index (χ3n) is 5.47. The van der Waals surface area contributed by atoms with Crippen molar-refractivity contribution in [2.75, 3.05) is 0 Å². The first-order valence-electron chi connectivity index (χ1n) is 9.83. The van der Waals surface area contributed by atoms with Crippen molar-refractivity contribution in [1.82, 2.24) is 19.7 Å². The van der Waals surface area contributed by atoms with Crippen LogP contribution in [0.25, 0.3) is 21.8 Å². The number of para-hydroxylation sites is 1. The van der Waals surface area contributed by atoms with Gasteiger partial charge in [-0.15, -0.1) is 0 Å². The average molecular weight is 388 g/mol. The van der Waals surface area contributed by atoms with E-state index in [4.69, 9.17) is 0 Å². The number of hydrogen-bond donors (Lipinski definition) is 1. The number of carbonyl (C=O) groups excluding carboxylic acids is 1. The Hall–Kier alpha value is -3.41. The summed E-state index contributed by atoms with van der Waals surface area (Å²) in [5, 5.41) is 8.99. The number of rotatable bonds is 5. The molecule has 0 fully saturated rings. The Morgan fingerprint density at radius 3 is 2.48 bits per heavy atom. The highest BCUT2D eigenvalue weighted by Crippen LogP contribution is 2.31. The van der Waals surface area contributed by atoms with E-state index in [0.717, 1.165) is 21.9 Å². The summed E-state index contributed by atoms with van der Waals surface area (Å²) >= 11 is 0. The van der Waals surface area contributed by atoms with Crippen LogP contribution in [0.4, 0.5) is 0 Å². The molecular formula is C23H24N4O2. The molecule has 2 heterocycles. The van der Waals surface area contributed by atoms with Crippen molar-refractivity contribution in [3.63, 3.8) is 0 Å². The maximum atomic E-state index is 13.3. The maximum absolute atomic E-state index is 13.3. The number of carbonyl (C=O) groups is 1. The summed E-state index contributed by atoms with van der Waals surface area (Å²) < 4.78 is 3.19. The lowest BCUT2D eigenvalue weighted by Gasteiger charge is -2.22. The molecule has 29 heavy (non-hydrogen) atoms. The van der Waals surface area contributed by atoms with E-state index in [1.807, 2.05) is 73.0 Å². The number of fused-ring (bicyclic) bond motifs is 3. The van der Waals surface area contributed by atoms with Crippen LogP contribution in [0.5, 0.6) is 0 Å². The summed E-state index contributed by atoms with van der Waals surface area (Å²) in [5.74, 6) is -0.106. The van der Waals surface area contributed by atoms with E-state index in [9.17, 15) is 9.59 Å². The van der Waals surface area contributed by atoms with Crippen molar-refractivity contribution in [1.29, 1.82) is 0 Å². The van der Waals surface area contributed by atoms with Crippen LogP contribution in [0.1, 0.15) is 37.9 Å². The molecule has 0 spiro atoms. The number of nitrogens with zero attached hydrogens (tertiary/aromatic N) is 3. The molecule has 2 aromatic carbocycles. The number of nitrogens with one attached hydrogen (secondary N) is 1. The van der Waals surface area contributed by atoms with Crippen molar-refractivity contribution in [2.24, 2.45) is 7.05 Å². The molecule has 1 N–H and O–H groups in total. The molecule has 2 atom stereocenters. The zero-order chi connectivity index (χ0) is 20.5. The van der Waals surface area contributed by atoms with Gasteiger partial charge in [0.1, 0.15) is 11.6 Å². The molecule has 0 saturated heterocycles. The smallest absolute Gasteiger partial charge is 0.291 e. The second kappa shape index (κ2) is 7.54. The molecule has 4 rings (SSSR count). The molecule has 6 heteroatoms. The SMILES string of the molecule is CC[C@@H](C(=O)N[C@@H](C)c1ccccc1)n1c2ccccc2c2cnn(C)c(=O)c21. The van der Waals surface area contributed by atoms with Gasteiger partial charge in [-0.1, -0.05) is 55.5 Å². The van der Waals surface area contributed by atoms with Gasteiger partial charge in [0, 0.05) is 17.8 Å². The Kier molecular flexibility index (Phi) is 4.92. The Morgan fingerprint density at radius 2 is 1.76 bits per heavy atom. The molecule has 0 bridgehead atoms. The second-order valence-electron chi connectivity index (χ2n) is 7.29. The molecule has 0 radical (unpaired) electrons. The van der Waals surface area contributed by atoms with Crippen molar-refractivity contribution >= 4 is 27.7 Å². The quantitative estimate of drug-likeness (QED) is 0.567. The monoisotopic (exact) mass is 388 g/mol.